The number of rotatable bonds is 2. The molecule has 0 aliphatic carbocycles. The molecule has 0 saturated carbocycles. The van der Waals surface area contributed by atoms with E-state index in [1.54, 1.807) is 24.4 Å². The monoisotopic (exact) mass is 225 g/mol. The molecule has 2 nitrogen and oxygen atoms in total. The van der Waals surface area contributed by atoms with E-state index in [-0.39, 0.29) is 5.75 Å². The second-order valence-electron chi connectivity index (χ2n) is 4.14. The summed E-state index contributed by atoms with van der Waals surface area (Å²) in [5, 5.41) is 9.34. The first-order chi connectivity index (χ1) is 8.15. The maximum atomic E-state index is 9.34. The van der Waals surface area contributed by atoms with E-state index in [0.717, 1.165) is 16.8 Å². The Morgan fingerprint density at radius 2 is 1.88 bits per heavy atom. The molecular formula is C15H15NO. The number of aromatic hydroxyl groups is 1. The lowest BCUT2D eigenvalue weighted by Crippen LogP contribution is -1.81. The van der Waals surface area contributed by atoms with Gasteiger partial charge in [-0.15, -0.1) is 0 Å². The van der Waals surface area contributed by atoms with Crippen molar-refractivity contribution < 1.29 is 5.11 Å². The fourth-order valence-electron chi connectivity index (χ4n) is 1.70. The van der Waals surface area contributed by atoms with Gasteiger partial charge in [0.15, 0.2) is 0 Å². The van der Waals surface area contributed by atoms with E-state index in [1.165, 1.54) is 5.56 Å². The van der Waals surface area contributed by atoms with Crippen molar-refractivity contribution in [3.05, 3.63) is 59.2 Å². The summed E-state index contributed by atoms with van der Waals surface area (Å²) < 4.78 is 0. The van der Waals surface area contributed by atoms with Gasteiger partial charge in [-0.2, -0.15) is 0 Å². The van der Waals surface area contributed by atoms with Crippen LogP contribution in [-0.4, -0.2) is 11.3 Å². The van der Waals surface area contributed by atoms with E-state index in [0.29, 0.717) is 0 Å². The Morgan fingerprint density at radius 3 is 2.59 bits per heavy atom. The zero-order chi connectivity index (χ0) is 12.3. The minimum atomic E-state index is 0.259. The van der Waals surface area contributed by atoms with Crippen LogP contribution in [-0.2, 0) is 0 Å². The number of benzene rings is 2. The molecule has 0 unspecified atom stereocenters. The summed E-state index contributed by atoms with van der Waals surface area (Å²) in [6.45, 7) is 4.11. The lowest BCUT2D eigenvalue weighted by atomic mass is 10.1. The van der Waals surface area contributed by atoms with Gasteiger partial charge < -0.3 is 5.11 Å². The van der Waals surface area contributed by atoms with Gasteiger partial charge in [-0.3, -0.25) is 4.99 Å². The number of phenols is 1. The maximum absolute atomic E-state index is 9.34. The SMILES string of the molecule is Cc1ccc(N=Cc2cccc(O)c2)c(C)c1. The van der Waals surface area contributed by atoms with E-state index in [1.807, 2.05) is 25.1 Å². The van der Waals surface area contributed by atoms with Crippen molar-refractivity contribution >= 4 is 11.9 Å². The fraction of sp³-hybridized carbons (Fsp3) is 0.133. The smallest absolute Gasteiger partial charge is 0.116 e. The van der Waals surface area contributed by atoms with Crippen molar-refractivity contribution in [3.63, 3.8) is 0 Å². The highest BCUT2D eigenvalue weighted by Crippen LogP contribution is 2.19. The molecule has 0 amide bonds. The van der Waals surface area contributed by atoms with Gasteiger partial charge in [0.25, 0.3) is 0 Å². The van der Waals surface area contributed by atoms with Gasteiger partial charge in [-0.25, -0.2) is 0 Å². The normalized spacial score (nSPS) is 10.9. The third kappa shape index (κ3) is 2.94. The second-order valence-corrected chi connectivity index (χ2v) is 4.14. The quantitative estimate of drug-likeness (QED) is 0.775. The molecule has 2 heteroatoms. The molecule has 0 aliphatic rings. The Morgan fingerprint density at radius 1 is 1.06 bits per heavy atom. The molecule has 2 aromatic carbocycles. The van der Waals surface area contributed by atoms with Crippen LogP contribution in [0.25, 0.3) is 0 Å². The van der Waals surface area contributed by atoms with Crippen molar-refractivity contribution in [1.82, 2.24) is 0 Å². The van der Waals surface area contributed by atoms with Crippen LogP contribution in [0.5, 0.6) is 5.75 Å². The Labute approximate surface area is 101 Å². The van der Waals surface area contributed by atoms with Gasteiger partial charge in [-0.05, 0) is 43.2 Å². The predicted octanol–water partition coefficient (Wildman–Crippen LogP) is 3.76. The molecule has 2 rings (SSSR count). The Bertz CT molecular complexity index is 559. The minimum Gasteiger partial charge on any atom is -0.508 e. The molecule has 17 heavy (non-hydrogen) atoms. The van der Waals surface area contributed by atoms with Gasteiger partial charge in [-0.1, -0.05) is 29.8 Å². The van der Waals surface area contributed by atoms with Crippen LogP contribution >= 0.6 is 0 Å². The summed E-state index contributed by atoms with van der Waals surface area (Å²) in [5.41, 5.74) is 4.24. The lowest BCUT2D eigenvalue weighted by Gasteiger charge is -2.01. The predicted molar refractivity (Wildman–Crippen MR) is 71.3 cm³/mol. The molecule has 2 aromatic rings. The van der Waals surface area contributed by atoms with E-state index in [4.69, 9.17) is 0 Å². The van der Waals surface area contributed by atoms with Crippen molar-refractivity contribution in [1.29, 1.82) is 0 Å². The Kier molecular flexibility index (Phi) is 3.24. The fourth-order valence-corrected chi connectivity index (χ4v) is 1.70. The number of phenolic OH excluding ortho intramolecular Hbond substituents is 1. The standard InChI is InChI=1S/C15H15NO/c1-11-6-7-15(12(2)8-11)16-10-13-4-3-5-14(17)9-13/h3-10,17H,1-2H3. The third-order valence-corrected chi connectivity index (χ3v) is 2.58. The maximum Gasteiger partial charge on any atom is 0.116 e. The number of nitrogens with zero attached hydrogens (tertiary/aromatic N) is 1. The summed E-state index contributed by atoms with van der Waals surface area (Å²) in [4.78, 5) is 4.42. The highest BCUT2D eigenvalue weighted by atomic mass is 16.3. The molecule has 0 spiro atoms. The average Bonchev–Trinajstić information content (AvgIpc) is 2.28. The molecular weight excluding hydrogens is 210 g/mol. The molecule has 0 radical (unpaired) electrons. The molecule has 0 aliphatic heterocycles. The van der Waals surface area contributed by atoms with Crippen LogP contribution in [0.15, 0.2) is 47.5 Å². The summed E-state index contributed by atoms with van der Waals surface area (Å²) in [6.07, 6.45) is 1.76. The third-order valence-electron chi connectivity index (χ3n) is 2.58. The van der Waals surface area contributed by atoms with Crippen molar-refractivity contribution in [2.75, 3.05) is 0 Å². The minimum absolute atomic E-state index is 0.259. The first-order valence-corrected chi connectivity index (χ1v) is 5.55. The largest absolute Gasteiger partial charge is 0.508 e. The number of aryl methyl sites for hydroxylation is 2. The van der Waals surface area contributed by atoms with E-state index >= 15 is 0 Å². The second kappa shape index (κ2) is 4.83. The molecule has 0 aromatic heterocycles. The molecule has 0 saturated heterocycles. The van der Waals surface area contributed by atoms with Crippen LogP contribution in [0.1, 0.15) is 16.7 Å². The van der Waals surface area contributed by atoms with E-state index in [9.17, 15) is 5.11 Å². The van der Waals surface area contributed by atoms with Crippen LogP contribution in [0, 0.1) is 13.8 Å². The van der Waals surface area contributed by atoms with Gasteiger partial charge in [0.2, 0.25) is 0 Å². The van der Waals surface area contributed by atoms with Crippen LogP contribution < -0.4 is 0 Å². The van der Waals surface area contributed by atoms with E-state index < -0.39 is 0 Å². The van der Waals surface area contributed by atoms with Crippen molar-refractivity contribution in [2.24, 2.45) is 4.99 Å². The number of aliphatic imine (C=N–C) groups is 1. The first kappa shape index (κ1) is 11.4. The molecule has 1 N–H and O–H groups in total. The van der Waals surface area contributed by atoms with Gasteiger partial charge in [0.1, 0.15) is 5.75 Å². The lowest BCUT2D eigenvalue weighted by molar-refractivity contribution is 0.475. The number of hydrogen-bond donors (Lipinski definition) is 1. The molecule has 0 bridgehead atoms. The van der Waals surface area contributed by atoms with Crippen LogP contribution in [0.2, 0.25) is 0 Å². The average molecular weight is 225 g/mol. The zero-order valence-corrected chi connectivity index (χ0v) is 10.0. The van der Waals surface area contributed by atoms with E-state index in [2.05, 4.69) is 18.0 Å². The molecule has 0 heterocycles. The number of hydrogen-bond acceptors (Lipinski definition) is 2. The summed E-state index contributed by atoms with van der Waals surface area (Å²) in [5.74, 6) is 0.259. The highest BCUT2D eigenvalue weighted by molar-refractivity contribution is 5.82. The van der Waals surface area contributed by atoms with Crippen LogP contribution in [0.3, 0.4) is 0 Å². The topological polar surface area (TPSA) is 32.6 Å². The van der Waals surface area contributed by atoms with Crippen molar-refractivity contribution in [2.45, 2.75) is 13.8 Å². The summed E-state index contributed by atoms with van der Waals surface area (Å²) >= 11 is 0. The highest BCUT2D eigenvalue weighted by Gasteiger charge is 1.95. The molecule has 86 valence electrons. The van der Waals surface area contributed by atoms with Crippen molar-refractivity contribution in [3.8, 4) is 5.75 Å². The van der Waals surface area contributed by atoms with Gasteiger partial charge >= 0.3 is 0 Å². The summed E-state index contributed by atoms with van der Waals surface area (Å²) in [6, 6.07) is 13.2. The van der Waals surface area contributed by atoms with Gasteiger partial charge in [0.05, 0.1) is 5.69 Å². The van der Waals surface area contributed by atoms with Crippen LogP contribution in [0.4, 0.5) is 5.69 Å². The Hall–Kier alpha value is -2.09. The summed E-state index contributed by atoms with van der Waals surface area (Å²) in [7, 11) is 0. The zero-order valence-electron chi connectivity index (χ0n) is 10.0. The first-order valence-electron chi connectivity index (χ1n) is 5.55. The molecule has 0 atom stereocenters. The van der Waals surface area contributed by atoms with Gasteiger partial charge in [0, 0.05) is 6.21 Å². The Balaban J connectivity index is 2.26. The molecule has 0 fully saturated rings.